The highest BCUT2D eigenvalue weighted by molar-refractivity contribution is 5.65. The van der Waals surface area contributed by atoms with E-state index in [9.17, 15) is 0 Å². The summed E-state index contributed by atoms with van der Waals surface area (Å²) in [6.07, 6.45) is 3.85. The van der Waals surface area contributed by atoms with E-state index >= 15 is 0 Å². The van der Waals surface area contributed by atoms with Crippen molar-refractivity contribution < 1.29 is 0 Å². The zero-order valence-corrected chi connectivity index (χ0v) is 20.4. The first-order valence-electron chi connectivity index (χ1n) is 11.6. The first-order chi connectivity index (χ1) is 14.2. The number of pyridine rings is 2. The lowest BCUT2D eigenvalue weighted by Gasteiger charge is -2.29. The Morgan fingerprint density at radius 2 is 0.867 bits per heavy atom. The molecule has 2 heterocycles. The second-order valence-electron chi connectivity index (χ2n) is 10.2. The quantitative estimate of drug-likeness (QED) is 0.430. The predicted molar refractivity (Wildman–Crippen MR) is 131 cm³/mol. The fraction of sp³-hybridized carbons (Fsp3) is 0.615. The maximum Gasteiger partial charge on any atom is 0.0907 e. The summed E-state index contributed by atoms with van der Waals surface area (Å²) in [6, 6.07) is 8.65. The summed E-state index contributed by atoms with van der Waals surface area (Å²) in [4.78, 5) is 14.3. The monoisotopic (exact) mass is 410 g/mol. The fourth-order valence-electron chi connectivity index (χ4n) is 3.85. The molecule has 2 aromatic heterocycles. The number of nitrogens with zero attached hydrogens (tertiary/aromatic N) is 4. The highest BCUT2D eigenvalue weighted by Gasteiger charge is 2.15. The molecule has 2 rings (SSSR count). The molecule has 0 aromatic carbocycles. The summed E-state index contributed by atoms with van der Waals surface area (Å²) in [5.74, 6) is 2.45. The van der Waals surface area contributed by atoms with E-state index in [0.29, 0.717) is 23.7 Å². The first-order valence-corrected chi connectivity index (χ1v) is 11.6. The summed E-state index contributed by atoms with van der Waals surface area (Å²) in [5.41, 5.74) is 4.36. The van der Waals surface area contributed by atoms with Crippen LogP contribution >= 0.6 is 0 Å². The van der Waals surface area contributed by atoms with Crippen LogP contribution in [0.15, 0.2) is 36.7 Å². The summed E-state index contributed by atoms with van der Waals surface area (Å²) >= 11 is 0. The van der Waals surface area contributed by atoms with Crippen LogP contribution < -0.4 is 9.80 Å². The molecule has 0 amide bonds. The minimum absolute atomic E-state index is 0.613. The molecule has 0 aliphatic heterocycles. The molecule has 166 valence electrons. The molecule has 0 atom stereocenters. The van der Waals surface area contributed by atoms with Gasteiger partial charge < -0.3 is 9.80 Å². The van der Waals surface area contributed by atoms with Gasteiger partial charge in [-0.3, -0.25) is 9.97 Å². The van der Waals surface area contributed by atoms with Gasteiger partial charge in [0.25, 0.3) is 0 Å². The van der Waals surface area contributed by atoms with E-state index in [1.165, 1.54) is 11.4 Å². The molecule has 0 unspecified atom stereocenters. The largest absolute Gasteiger partial charge is 0.371 e. The van der Waals surface area contributed by atoms with Crippen LogP contribution in [0.4, 0.5) is 11.4 Å². The lowest BCUT2D eigenvalue weighted by atomic mass is 10.1. The standard InChI is InChI=1S/C26H42N4/c1-19(2)15-29(16-20(3)4)23-9-11-27-25(13-23)26-14-24(10-12-28-26)30(17-21(5)6)18-22(7)8/h9-14,19-22H,15-18H2,1-8H3. The number of hydrogen-bond acceptors (Lipinski definition) is 4. The Bertz CT molecular complexity index is 682. The average Bonchev–Trinajstić information content (AvgIpc) is 2.66. The molecular formula is C26H42N4. The summed E-state index contributed by atoms with van der Waals surface area (Å²) in [6.45, 7) is 22.4. The van der Waals surface area contributed by atoms with Gasteiger partial charge in [0.1, 0.15) is 0 Å². The van der Waals surface area contributed by atoms with Crippen molar-refractivity contribution in [3.63, 3.8) is 0 Å². The average molecular weight is 411 g/mol. The van der Waals surface area contributed by atoms with Crippen LogP contribution in [-0.4, -0.2) is 36.1 Å². The Hall–Kier alpha value is -2.10. The third-order valence-corrected chi connectivity index (χ3v) is 4.82. The second kappa shape index (κ2) is 11.3. The predicted octanol–water partition coefficient (Wildman–Crippen LogP) is 6.38. The number of aromatic nitrogens is 2. The second-order valence-corrected chi connectivity index (χ2v) is 10.2. The zero-order valence-electron chi connectivity index (χ0n) is 20.4. The van der Waals surface area contributed by atoms with Crippen LogP contribution in [0.3, 0.4) is 0 Å². The minimum Gasteiger partial charge on any atom is -0.371 e. The van der Waals surface area contributed by atoms with E-state index in [4.69, 9.17) is 0 Å². The molecule has 0 N–H and O–H groups in total. The van der Waals surface area contributed by atoms with Crippen LogP contribution in [0.25, 0.3) is 11.4 Å². The minimum atomic E-state index is 0.613. The normalized spacial score (nSPS) is 11.7. The van der Waals surface area contributed by atoms with E-state index in [2.05, 4.69) is 99.4 Å². The third-order valence-electron chi connectivity index (χ3n) is 4.82. The van der Waals surface area contributed by atoms with Crippen molar-refractivity contribution in [3.8, 4) is 11.4 Å². The van der Waals surface area contributed by atoms with Gasteiger partial charge in [0, 0.05) is 49.9 Å². The van der Waals surface area contributed by atoms with Crippen molar-refractivity contribution in [2.45, 2.75) is 55.4 Å². The Labute approximate surface area is 184 Å². The van der Waals surface area contributed by atoms with Crippen molar-refractivity contribution >= 4 is 11.4 Å². The van der Waals surface area contributed by atoms with Crippen molar-refractivity contribution in [1.82, 2.24) is 9.97 Å². The smallest absolute Gasteiger partial charge is 0.0907 e. The Balaban J connectivity index is 2.35. The number of anilines is 2. The molecule has 0 bridgehead atoms. The molecule has 2 aromatic rings. The number of rotatable bonds is 11. The Morgan fingerprint density at radius 1 is 0.567 bits per heavy atom. The molecule has 0 spiro atoms. The highest BCUT2D eigenvalue weighted by atomic mass is 15.1. The van der Waals surface area contributed by atoms with Crippen LogP contribution in [-0.2, 0) is 0 Å². The summed E-state index contributed by atoms with van der Waals surface area (Å²) in [7, 11) is 0. The van der Waals surface area contributed by atoms with Crippen LogP contribution in [0.1, 0.15) is 55.4 Å². The van der Waals surface area contributed by atoms with Crippen molar-refractivity contribution in [2.24, 2.45) is 23.7 Å². The molecule has 0 aliphatic carbocycles. The maximum atomic E-state index is 4.66. The molecule has 30 heavy (non-hydrogen) atoms. The van der Waals surface area contributed by atoms with E-state index in [1.807, 2.05) is 12.4 Å². The molecule has 0 saturated carbocycles. The molecule has 4 heteroatoms. The Kier molecular flexibility index (Phi) is 9.13. The van der Waals surface area contributed by atoms with Crippen LogP contribution in [0.2, 0.25) is 0 Å². The third kappa shape index (κ3) is 7.62. The van der Waals surface area contributed by atoms with E-state index in [0.717, 1.165) is 37.6 Å². The zero-order chi connectivity index (χ0) is 22.3. The topological polar surface area (TPSA) is 32.3 Å². The van der Waals surface area contributed by atoms with Crippen LogP contribution in [0, 0.1) is 23.7 Å². The van der Waals surface area contributed by atoms with Gasteiger partial charge in [0.05, 0.1) is 11.4 Å². The molecular weight excluding hydrogens is 368 g/mol. The molecule has 0 aliphatic rings. The van der Waals surface area contributed by atoms with E-state index in [-0.39, 0.29) is 0 Å². The van der Waals surface area contributed by atoms with Crippen molar-refractivity contribution in [3.05, 3.63) is 36.7 Å². The van der Waals surface area contributed by atoms with Gasteiger partial charge in [-0.2, -0.15) is 0 Å². The molecule has 0 saturated heterocycles. The van der Waals surface area contributed by atoms with Crippen molar-refractivity contribution in [1.29, 1.82) is 0 Å². The number of hydrogen-bond donors (Lipinski definition) is 0. The van der Waals surface area contributed by atoms with Gasteiger partial charge in [-0.1, -0.05) is 55.4 Å². The van der Waals surface area contributed by atoms with Crippen molar-refractivity contribution in [2.75, 3.05) is 36.0 Å². The van der Waals surface area contributed by atoms with E-state index in [1.54, 1.807) is 0 Å². The SMILES string of the molecule is CC(C)CN(CC(C)C)c1ccnc(-c2cc(N(CC(C)C)CC(C)C)ccn2)c1. The summed E-state index contributed by atoms with van der Waals surface area (Å²) in [5, 5.41) is 0. The van der Waals surface area contributed by atoms with Crippen LogP contribution in [0.5, 0.6) is 0 Å². The van der Waals surface area contributed by atoms with Gasteiger partial charge in [0.15, 0.2) is 0 Å². The lowest BCUT2D eigenvalue weighted by molar-refractivity contribution is 0.552. The van der Waals surface area contributed by atoms with Gasteiger partial charge >= 0.3 is 0 Å². The molecule has 0 radical (unpaired) electrons. The molecule has 4 nitrogen and oxygen atoms in total. The van der Waals surface area contributed by atoms with Gasteiger partial charge in [0.2, 0.25) is 0 Å². The van der Waals surface area contributed by atoms with Gasteiger partial charge in [-0.05, 0) is 47.9 Å². The molecule has 0 fully saturated rings. The Morgan fingerprint density at radius 3 is 1.13 bits per heavy atom. The van der Waals surface area contributed by atoms with Gasteiger partial charge in [-0.15, -0.1) is 0 Å². The highest BCUT2D eigenvalue weighted by Crippen LogP contribution is 2.26. The lowest BCUT2D eigenvalue weighted by Crippen LogP contribution is -2.31. The first kappa shape index (κ1) is 24.2. The van der Waals surface area contributed by atoms with Gasteiger partial charge in [-0.25, -0.2) is 0 Å². The van der Waals surface area contributed by atoms with E-state index < -0.39 is 0 Å². The maximum absolute atomic E-state index is 4.66. The fourth-order valence-corrected chi connectivity index (χ4v) is 3.85. The summed E-state index contributed by atoms with van der Waals surface area (Å²) < 4.78 is 0.